The van der Waals surface area contributed by atoms with E-state index in [0.29, 0.717) is 5.69 Å². The van der Waals surface area contributed by atoms with Gasteiger partial charge in [0.1, 0.15) is 0 Å². The maximum atomic E-state index is 12.0. The molecule has 0 aromatic heterocycles. The van der Waals surface area contributed by atoms with Gasteiger partial charge in [0, 0.05) is 18.2 Å². The molecule has 5 nitrogen and oxygen atoms in total. The standard InChI is InChI=1S/C16H19NO4S2/c1-11-7-12(2)9-13(8-11)17-15-6-5-14(22(3,18)19)10-16(15)23(4,20)21/h5-10,17H,1-4H3. The number of nitrogens with one attached hydrogen (secondary N) is 1. The molecule has 0 atom stereocenters. The number of benzene rings is 2. The van der Waals surface area contributed by atoms with E-state index in [9.17, 15) is 16.8 Å². The molecule has 124 valence electrons. The number of hydrogen-bond donors (Lipinski definition) is 1. The summed E-state index contributed by atoms with van der Waals surface area (Å²) in [6.07, 6.45) is 2.10. The molecule has 0 fully saturated rings. The van der Waals surface area contributed by atoms with Crippen molar-refractivity contribution in [3.05, 3.63) is 47.5 Å². The first kappa shape index (κ1) is 17.5. The van der Waals surface area contributed by atoms with Crippen LogP contribution in [-0.2, 0) is 19.7 Å². The van der Waals surface area contributed by atoms with Gasteiger partial charge in [-0.3, -0.25) is 0 Å². The first-order valence-corrected chi connectivity index (χ1v) is 10.6. The number of hydrogen-bond acceptors (Lipinski definition) is 5. The molecule has 0 spiro atoms. The average Bonchev–Trinajstić information content (AvgIpc) is 2.35. The van der Waals surface area contributed by atoms with Crippen LogP contribution >= 0.6 is 0 Å². The summed E-state index contributed by atoms with van der Waals surface area (Å²) in [5.74, 6) is 0. The monoisotopic (exact) mass is 353 g/mol. The van der Waals surface area contributed by atoms with E-state index in [1.165, 1.54) is 18.2 Å². The van der Waals surface area contributed by atoms with Crippen molar-refractivity contribution in [2.24, 2.45) is 0 Å². The van der Waals surface area contributed by atoms with E-state index in [0.717, 1.165) is 29.3 Å². The molecule has 0 saturated heterocycles. The van der Waals surface area contributed by atoms with Crippen molar-refractivity contribution in [1.29, 1.82) is 0 Å². The van der Waals surface area contributed by atoms with Crippen molar-refractivity contribution in [1.82, 2.24) is 0 Å². The van der Waals surface area contributed by atoms with Gasteiger partial charge < -0.3 is 5.32 Å². The first-order chi connectivity index (χ1) is 10.5. The van der Waals surface area contributed by atoms with Crippen LogP contribution in [0, 0.1) is 13.8 Å². The van der Waals surface area contributed by atoms with Crippen molar-refractivity contribution in [3.63, 3.8) is 0 Å². The van der Waals surface area contributed by atoms with Gasteiger partial charge in [0.2, 0.25) is 0 Å². The van der Waals surface area contributed by atoms with E-state index in [2.05, 4.69) is 5.32 Å². The lowest BCUT2D eigenvalue weighted by Gasteiger charge is -2.13. The Morgan fingerprint density at radius 2 is 1.35 bits per heavy atom. The Kier molecular flexibility index (Phi) is 4.54. The van der Waals surface area contributed by atoms with E-state index in [4.69, 9.17) is 0 Å². The quantitative estimate of drug-likeness (QED) is 0.914. The molecule has 2 rings (SSSR count). The lowest BCUT2D eigenvalue weighted by molar-refractivity contribution is 0.600. The fourth-order valence-electron chi connectivity index (χ4n) is 2.35. The zero-order chi connectivity index (χ0) is 17.4. The van der Waals surface area contributed by atoms with E-state index < -0.39 is 19.7 Å². The minimum atomic E-state index is -3.58. The zero-order valence-corrected chi connectivity index (χ0v) is 15.0. The highest BCUT2D eigenvalue weighted by Gasteiger charge is 2.18. The van der Waals surface area contributed by atoms with Crippen LogP contribution in [0.25, 0.3) is 0 Å². The Labute approximate surface area is 137 Å². The summed E-state index contributed by atoms with van der Waals surface area (Å²) < 4.78 is 47.4. The van der Waals surface area contributed by atoms with Crippen molar-refractivity contribution < 1.29 is 16.8 Å². The van der Waals surface area contributed by atoms with E-state index in [-0.39, 0.29) is 9.79 Å². The lowest BCUT2D eigenvalue weighted by Crippen LogP contribution is -2.06. The molecule has 2 aromatic carbocycles. The zero-order valence-electron chi connectivity index (χ0n) is 13.4. The molecule has 0 aliphatic rings. The summed E-state index contributed by atoms with van der Waals surface area (Å²) in [5, 5.41) is 3.07. The van der Waals surface area contributed by atoms with Crippen LogP contribution in [0.4, 0.5) is 11.4 Å². The van der Waals surface area contributed by atoms with Gasteiger partial charge in [0.15, 0.2) is 19.7 Å². The van der Waals surface area contributed by atoms with Crippen LogP contribution in [-0.4, -0.2) is 29.3 Å². The largest absolute Gasteiger partial charge is 0.354 e. The van der Waals surface area contributed by atoms with Gasteiger partial charge in [-0.15, -0.1) is 0 Å². The third-order valence-electron chi connectivity index (χ3n) is 3.28. The summed E-state index contributed by atoms with van der Waals surface area (Å²) in [6.45, 7) is 3.89. The second kappa shape index (κ2) is 5.98. The van der Waals surface area contributed by atoms with Crippen LogP contribution < -0.4 is 5.32 Å². The van der Waals surface area contributed by atoms with Gasteiger partial charge in [-0.05, 0) is 55.3 Å². The average molecular weight is 353 g/mol. The third kappa shape index (κ3) is 4.33. The van der Waals surface area contributed by atoms with Crippen molar-refractivity contribution >= 4 is 31.0 Å². The van der Waals surface area contributed by atoms with Crippen LogP contribution in [0.5, 0.6) is 0 Å². The highest BCUT2D eigenvalue weighted by Crippen LogP contribution is 2.28. The molecule has 0 unspecified atom stereocenters. The molecule has 1 N–H and O–H groups in total. The van der Waals surface area contributed by atoms with E-state index >= 15 is 0 Å². The maximum Gasteiger partial charge on any atom is 0.177 e. The van der Waals surface area contributed by atoms with Crippen LogP contribution in [0.15, 0.2) is 46.2 Å². The molecular formula is C16H19NO4S2. The molecule has 0 heterocycles. The minimum Gasteiger partial charge on any atom is -0.354 e. The van der Waals surface area contributed by atoms with Gasteiger partial charge >= 0.3 is 0 Å². The smallest absolute Gasteiger partial charge is 0.177 e. The first-order valence-electron chi connectivity index (χ1n) is 6.86. The Balaban J connectivity index is 2.58. The minimum absolute atomic E-state index is 0.0242. The fourth-order valence-corrected chi connectivity index (χ4v) is 3.93. The topological polar surface area (TPSA) is 80.3 Å². The van der Waals surface area contributed by atoms with Crippen molar-refractivity contribution in [3.8, 4) is 0 Å². The molecule has 0 aliphatic heterocycles. The van der Waals surface area contributed by atoms with Gasteiger partial charge in [-0.1, -0.05) is 6.07 Å². The molecule has 2 aromatic rings. The summed E-state index contributed by atoms with van der Waals surface area (Å²) in [5.41, 5.74) is 3.19. The molecule has 7 heteroatoms. The predicted octanol–water partition coefficient (Wildman–Crippen LogP) is 2.85. The molecule has 0 bridgehead atoms. The molecular weight excluding hydrogens is 334 g/mol. The van der Waals surface area contributed by atoms with Crippen LogP contribution in [0.2, 0.25) is 0 Å². The highest BCUT2D eigenvalue weighted by atomic mass is 32.2. The summed E-state index contributed by atoms with van der Waals surface area (Å²) >= 11 is 0. The second-order valence-electron chi connectivity index (χ2n) is 5.70. The van der Waals surface area contributed by atoms with Gasteiger partial charge in [-0.2, -0.15) is 0 Å². The predicted molar refractivity (Wildman–Crippen MR) is 91.9 cm³/mol. The summed E-state index contributed by atoms with van der Waals surface area (Å²) in [4.78, 5) is -0.0662. The number of anilines is 2. The SMILES string of the molecule is Cc1cc(C)cc(Nc2ccc(S(C)(=O)=O)cc2S(C)(=O)=O)c1. The molecule has 23 heavy (non-hydrogen) atoms. The lowest BCUT2D eigenvalue weighted by atomic mass is 10.1. The third-order valence-corrected chi connectivity index (χ3v) is 5.53. The summed E-state index contributed by atoms with van der Waals surface area (Å²) in [6, 6.07) is 9.86. The Morgan fingerprint density at radius 3 is 1.83 bits per heavy atom. The Bertz CT molecular complexity index is 941. The number of aryl methyl sites for hydroxylation is 2. The summed E-state index contributed by atoms with van der Waals surface area (Å²) in [7, 11) is -7.06. The van der Waals surface area contributed by atoms with Crippen LogP contribution in [0.3, 0.4) is 0 Å². The second-order valence-corrected chi connectivity index (χ2v) is 9.70. The normalized spacial score (nSPS) is 12.2. The van der Waals surface area contributed by atoms with Crippen molar-refractivity contribution in [2.45, 2.75) is 23.6 Å². The van der Waals surface area contributed by atoms with E-state index in [1.807, 2.05) is 32.0 Å². The molecule has 0 saturated carbocycles. The van der Waals surface area contributed by atoms with Gasteiger partial charge in [0.05, 0.1) is 15.5 Å². The maximum absolute atomic E-state index is 12.0. The van der Waals surface area contributed by atoms with E-state index in [1.54, 1.807) is 0 Å². The van der Waals surface area contributed by atoms with Gasteiger partial charge in [-0.25, -0.2) is 16.8 Å². The van der Waals surface area contributed by atoms with Crippen molar-refractivity contribution in [2.75, 3.05) is 17.8 Å². The highest BCUT2D eigenvalue weighted by molar-refractivity contribution is 7.91. The fraction of sp³-hybridized carbons (Fsp3) is 0.250. The Hall–Kier alpha value is -1.86. The number of sulfone groups is 2. The molecule has 0 radical (unpaired) electrons. The Morgan fingerprint density at radius 1 is 0.783 bits per heavy atom. The van der Waals surface area contributed by atoms with Gasteiger partial charge in [0.25, 0.3) is 0 Å². The van der Waals surface area contributed by atoms with Crippen LogP contribution in [0.1, 0.15) is 11.1 Å². The molecule has 0 amide bonds. The number of rotatable bonds is 4. The molecule has 0 aliphatic carbocycles.